The predicted molar refractivity (Wildman–Crippen MR) is 65.7 cm³/mol. The first-order valence-corrected chi connectivity index (χ1v) is 5.61. The monoisotopic (exact) mass is 270 g/mol. The first-order valence-electron chi connectivity index (χ1n) is 4.81. The maximum atomic E-state index is 11.5. The van der Waals surface area contributed by atoms with E-state index in [4.69, 9.17) is 5.73 Å². The molecule has 0 aromatic heterocycles. The number of hydrogen-bond donors (Lipinski definition) is 2. The first kappa shape index (κ1) is 12.2. The van der Waals surface area contributed by atoms with Gasteiger partial charge >= 0.3 is 0 Å². The normalized spacial score (nSPS) is 12.3. The smallest absolute Gasteiger partial charge is 0.228 e. The van der Waals surface area contributed by atoms with Crippen LogP contribution in [0.4, 0.5) is 5.69 Å². The van der Waals surface area contributed by atoms with Gasteiger partial charge in [-0.15, -0.1) is 0 Å². The number of rotatable bonds is 3. The van der Waals surface area contributed by atoms with E-state index in [0.717, 1.165) is 15.7 Å². The molecule has 1 atom stereocenters. The average molecular weight is 271 g/mol. The molecule has 0 aliphatic heterocycles. The highest BCUT2D eigenvalue weighted by atomic mass is 79.9. The van der Waals surface area contributed by atoms with Gasteiger partial charge in [-0.2, -0.15) is 0 Å². The molecule has 1 aromatic rings. The third-order valence-corrected chi connectivity index (χ3v) is 3.09. The molecule has 15 heavy (non-hydrogen) atoms. The Morgan fingerprint density at radius 1 is 1.60 bits per heavy atom. The Bertz CT molecular complexity index is 366. The van der Waals surface area contributed by atoms with Gasteiger partial charge in [0, 0.05) is 22.6 Å². The topological polar surface area (TPSA) is 55.1 Å². The Morgan fingerprint density at radius 2 is 2.27 bits per heavy atom. The third kappa shape index (κ3) is 3.32. The summed E-state index contributed by atoms with van der Waals surface area (Å²) < 4.78 is 0.987. The van der Waals surface area contributed by atoms with Crippen molar-refractivity contribution in [3.63, 3.8) is 0 Å². The lowest BCUT2D eigenvalue weighted by atomic mass is 10.1. The lowest BCUT2D eigenvalue weighted by Crippen LogP contribution is -2.26. The molecule has 3 N–H and O–H groups in total. The molecule has 1 aromatic carbocycles. The van der Waals surface area contributed by atoms with Crippen molar-refractivity contribution < 1.29 is 4.79 Å². The van der Waals surface area contributed by atoms with Gasteiger partial charge < -0.3 is 11.1 Å². The fourth-order valence-electron chi connectivity index (χ4n) is 1.04. The zero-order valence-electron chi connectivity index (χ0n) is 8.88. The molecule has 1 rings (SSSR count). The van der Waals surface area contributed by atoms with Crippen molar-refractivity contribution in [2.24, 2.45) is 11.7 Å². The largest absolute Gasteiger partial charge is 0.330 e. The standard InChI is InChI=1S/C11H15BrN2O/c1-7-3-4-9(5-10(7)12)14-11(15)8(2)6-13/h3-5,8H,6,13H2,1-2H3,(H,14,15). The van der Waals surface area contributed by atoms with Gasteiger partial charge in [0.25, 0.3) is 0 Å². The Kier molecular flexibility index (Phi) is 4.29. The van der Waals surface area contributed by atoms with Crippen molar-refractivity contribution in [1.82, 2.24) is 0 Å². The molecule has 0 bridgehead atoms. The number of anilines is 1. The molecule has 1 amide bonds. The van der Waals surface area contributed by atoms with Crippen LogP contribution in [0.2, 0.25) is 0 Å². The van der Waals surface area contributed by atoms with Crippen LogP contribution in [0.25, 0.3) is 0 Å². The number of hydrogen-bond acceptors (Lipinski definition) is 2. The summed E-state index contributed by atoms with van der Waals surface area (Å²) in [5, 5.41) is 2.81. The number of nitrogens with one attached hydrogen (secondary N) is 1. The summed E-state index contributed by atoms with van der Waals surface area (Å²) in [6.45, 7) is 4.16. The summed E-state index contributed by atoms with van der Waals surface area (Å²) >= 11 is 3.41. The van der Waals surface area contributed by atoms with E-state index in [0.29, 0.717) is 6.54 Å². The van der Waals surface area contributed by atoms with Crippen LogP contribution in [-0.2, 0) is 4.79 Å². The molecule has 0 saturated heterocycles. The Hall–Kier alpha value is -0.870. The van der Waals surface area contributed by atoms with E-state index in [-0.39, 0.29) is 11.8 Å². The second-order valence-electron chi connectivity index (χ2n) is 3.59. The van der Waals surface area contributed by atoms with Crippen molar-refractivity contribution in [3.05, 3.63) is 28.2 Å². The summed E-state index contributed by atoms with van der Waals surface area (Å²) in [6, 6.07) is 5.71. The van der Waals surface area contributed by atoms with E-state index in [2.05, 4.69) is 21.2 Å². The van der Waals surface area contributed by atoms with Crippen LogP contribution < -0.4 is 11.1 Å². The van der Waals surface area contributed by atoms with Gasteiger partial charge in [-0.05, 0) is 24.6 Å². The van der Waals surface area contributed by atoms with E-state index in [9.17, 15) is 4.79 Å². The fraction of sp³-hybridized carbons (Fsp3) is 0.364. The SMILES string of the molecule is Cc1ccc(NC(=O)C(C)CN)cc1Br. The minimum absolute atomic E-state index is 0.0479. The van der Waals surface area contributed by atoms with E-state index in [1.165, 1.54) is 0 Å². The predicted octanol–water partition coefficient (Wildman–Crippen LogP) is 2.29. The lowest BCUT2D eigenvalue weighted by molar-refractivity contribution is -0.119. The molecule has 0 aliphatic rings. The van der Waals surface area contributed by atoms with Crippen molar-refractivity contribution in [1.29, 1.82) is 0 Å². The molecule has 0 radical (unpaired) electrons. The second kappa shape index (κ2) is 5.28. The van der Waals surface area contributed by atoms with Gasteiger partial charge in [0.2, 0.25) is 5.91 Å². The average Bonchev–Trinajstić information content (AvgIpc) is 2.22. The van der Waals surface area contributed by atoms with Crippen LogP contribution in [0, 0.1) is 12.8 Å². The van der Waals surface area contributed by atoms with Crippen LogP contribution in [0.1, 0.15) is 12.5 Å². The van der Waals surface area contributed by atoms with E-state index in [1.807, 2.05) is 25.1 Å². The lowest BCUT2D eigenvalue weighted by Gasteiger charge is -2.10. The van der Waals surface area contributed by atoms with Crippen LogP contribution in [0.15, 0.2) is 22.7 Å². The third-order valence-electron chi connectivity index (χ3n) is 2.24. The van der Waals surface area contributed by atoms with E-state index >= 15 is 0 Å². The summed E-state index contributed by atoms with van der Waals surface area (Å²) in [4.78, 5) is 11.5. The van der Waals surface area contributed by atoms with E-state index in [1.54, 1.807) is 6.92 Å². The van der Waals surface area contributed by atoms with E-state index < -0.39 is 0 Å². The number of carbonyl (C=O) groups excluding carboxylic acids is 1. The molecule has 1 unspecified atom stereocenters. The van der Waals surface area contributed by atoms with Gasteiger partial charge in [0.05, 0.1) is 0 Å². The maximum absolute atomic E-state index is 11.5. The highest BCUT2D eigenvalue weighted by Gasteiger charge is 2.10. The molecule has 0 aliphatic carbocycles. The summed E-state index contributed by atoms with van der Waals surface area (Å²) in [7, 11) is 0. The highest BCUT2D eigenvalue weighted by Crippen LogP contribution is 2.20. The molecule has 0 fully saturated rings. The number of aryl methyl sites for hydroxylation is 1. The zero-order valence-corrected chi connectivity index (χ0v) is 10.5. The molecular weight excluding hydrogens is 256 g/mol. The molecule has 0 saturated carbocycles. The molecule has 82 valence electrons. The van der Waals surface area contributed by atoms with Gasteiger partial charge in [0.1, 0.15) is 0 Å². The molecule has 0 heterocycles. The van der Waals surface area contributed by atoms with Gasteiger partial charge in [-0.1, -0.05) is 28.9 Å². The summed E-state index contributed by atoms with van der Waals surface area (Å²) in [5.41, 5.74) is 7.34. The maximum Gasteiger partial charge on any atom is 0.228 e. The molecule has 4 heteroatoms. The quantitative estimate of drug-likeness (QED) is 0.886. The van der Waals surface area contributed by atoms with Crippen LogP contribution in [0.3, 0.4) is 0 Å². The fourth-order valence-corrected chi connectivity index (χ4v) is 1.42. The van der Waals surface area contributed by atoms with Crippen molar-refractivity contribution in [2.75, 3.05) is 11.9 Å². The number of nitrogens with two attached hydrogens (primary N) is 1. The molecule has 0 spiro atoms. The van der Waals surface area contributed by atoms with Crippen LogP contribution in [0.5, 0.6) is 0 Å². The Morgan fingerprint density at radius 3 is 2.80 bits per heavy atom. The summed E-state index contributed by atoms with van der Waals surface area (Å²) in [6.07, 6.45) is 0. The van der Waals surface area contributed by atoms with Crippen LogP contribution >= 0.6 is 15.9 Å². The molecular formula is C11H15BrN2O. The highest BCUT2D eigenvalue weighted by molar-refractivity contribution is 9.10. The first-order chi connectivity index (χ1) is 7.04. The van der Waals surface area contributed by atoms with Gasteiger partial charge in [-0.3, -0.25) is 4.79 Å². The number of amides is 1. The summed E-state index contributed by atoms with van der Waals surface area (Å²) in [5.74, 6) is -0.210. The minimum atomic E-state index is -0.162. The molecule has 3 nitrogen and oxygen atoms in total. The Balaban J connectivity index is 2.73. The number of benzene rings is 1. The second-order valence-corrected chi connectivity index (χ2v) is 4.44. The van der Waals surface area contributed by atoms with Crippen molar-refractivity contribution in [2.45, 2.75) is 13.8 Å². The van der Waals surface area contributed by atoms with Crippen molar-refractivity contribution in [3.8, 4) is 0 Å². The minimum Gasteiger partial charge on any atom is -0.330 e. The van der Waals surface area contributed by atoms with Crippen LogP contribution in [-0.4, -0.2) is 12.5 Å². The number of carbonyl (C=O) groups is 1. The Labute approximate surface area is 98.2 Å². The zero-order chi connectivity index (χ0) is 11.4. The van der Waals surface area contributed by atoms with Crippen molar-refractivity contribution >= 4 is 27.5 Å². The van der Waals surface area contributed by atoms with Gasteiger partial charge in [0.15, 0.2) is 0 Å². The van der Waals surface area contributed by atoms with Gasteiger partial charge in [-0.25, -0.2) is 0 Å². The number of halogens is 1.